The summed E-state index contributed by atoms with van der Waals surface area (Å²) in [5.74, 6) is 0. The molecule has 0 aromatic heterocycles. The Morgan fingerprint density at radius 3 is 1.02 bits per heavy atom. The lowest BCUT2D eigenvalue weighted by molar-refractivity contribution is 1.43. The predicted octanol–water partition coefficient (Wildman–Crippen LogP) is 15.0. The molecule has 0 saturated carbocycles. The first kappa shape index (κ1) is 36.0. The van der Waals surface area contributed by atoms with Gasteiger partial charge in [-0.3, -0.25) is 0 Å². The number of benzene rings is 8. The minimum Gasteiger partial charge on any atom is -0.0622 e. The Bertz CT molecular complexity index is 2440. The zero-order valence-electron chi connectivity index (χ0n) is 31.9. The third-order valence-corrected chi connectivity index (χ3v) is 10.4. The second-order valence-electron chi connectivity index (χ2n) is 14.3. The van der Waals surface area contributed by atoms with E-state index >= 15 is 0 Å². The van der Waals surface area contributed by atoms with Crippen LogP contribution in [0.15, 0.2) is 194 Å². The average molecular weight is 717 g/mol. The lowest BCUT2D eigenvalue weighted by Crippen LogP contribution is -1.90. The van der Waals surface area contributed by atoms with Crippen molar-refractivity contribution < 1.29 is 0 Å². The Balaban J connectivity index is 1.06. The first-order valence-electron chi connectivity index (χ1n) is 19.3. The van der Waals surface area contributed by atoms with Gasteiger partial charge in [0.05, 0.1) is 0 Å². The normalized spacial score (nSPS) is 11.2. The van der Waals surface area contributed by atoms with Crippen LogP contribution in [-0.2, 0) is 0 Å². The fourth-order valence-electron chi connectivity index (χ4n) is 7.43. The van der Waals surface area contributed by atoms with Crippen LogP contribution in [0.4, 0.5) is 0 Å². The Hall–Kier alpha value is -7.02. The van der Waals surface area contributed by atoms with Gasteiger partial charge in [-0.25, -0.2) is 0 Å². The maximum absolute atomic E-state index is 2.31. The first-order valence-corrected chi connectivity index (χ1v) is 19.3. The highest BCUT2D eigenvalue weighted by Gasteiger charge is 2.09. The summed E-state index contributed by atoms with van der Waals surface area (Å²) in [4.78, 5) is 0. The summed E-state index contributed by atoms with van der Waals surface area (Å²) in [7, 11) is 0. The van der Waals surface area contributed by atoms with Gasteiger partial charge >= 0.3 is 0 Å². The van der Waals surface area contributed by atoms with Gasteiger partial charge in [0.1, 0.15) is 0 Å². The van der Waals surface area contributed by atoms with Crippen molar-refractivity contribution >= 4 is 58.4 Å². The molecule has 268 valence electrons. The zero-order valence-corrected chi connectivity index (χ0v) is 31.9. The molecule has 0 aliphatic carbocycles. The first-order chi connectivity index (χ1) is 27.6. The highest BCUT2D eigenvalue weighted by atomic mass is 14.1. The molecule has 0 radical (unpaired) electrons. The molecule has 0 heterocycles. The molecular formula is C56H44. The van der Waals surface area contributed by atoms with Crippen LogP contribution >= 0.6 is 0 Å². The molecule has 8 aromatic carbocycles. The SMILES string of the molecule is Cc1cc(C=Cc2cccc3cccc(C=Cc4ccc(C=C(c5ccccc5)c5ccccc5)c(C)c4)c23)ccc1C=C(c1ccccc1)c1ccccc1. The average Bonchev–Trinajstić information content (AvgIpc) is 3.25. The Labute approximate surface area is 331 Å². The highest BCUT2D eigenvalue weighted by molar-refractivity contribution is 6.00. The maximum atomic E-state index is 2.31. The molecule has 0 saturated heterocycles. The van der Waals surface area contributed by atoms with Crippen molar-refractivity contribution in [2.24, 2.45) is 0 Å². The molecule has 0 atom stereocenters. The third-order valence-electron chi connectivity index (χ3n) is 10.4. The number of aryl methyl sites for hydroxylation is 2. The summed E-state index contributed by atoms with van der Waals surface area (Å²) in [6, 6.07) is 69.2. The zero-order chi connectivity index (χ0) is 38.1. The number of fused-ring (bicyclic) bond motifs is 1. The minimum atomic E-state index is 1.18. The van der Waals surface area contributed by atoms with Crippen molar-refractivity contribution in [3.8, 4) is 0 Å². The molecule has 0 bridgehead atoms. The molecule has 0 amide bonds. The van der Waals surface area contributed by atoms with E-state index < -0.39 is 0 Å². The Kier molecular flexibility index (Phi) is 10.9. The van der Waals surface area contributed by atoms with Crippen molar-refractivity contribution in [2.75, 3.05) is 0 Å². The minimum absolute atomic E-state index is 1.18. The molecule has 0 spiro atoms. The largest absolute Gasteiger partial charge is 0.0622 e. The second kappa shape index (κ2) is 17.0. The van der Waals surface area contributed by atoms with Crippen molar-refractivity contribution in [3.05, 3.63) is 261 Å². The summed E-state index contributed by atoms with van der Waals surface area (Å²) >= 11 is 0. The van der Waals surface area contributed by atoms with Gasteiger partial charge < -0.3 is 0 Å². The van der Waals surface area contributed by atoms with Gasteiger partial charge in [-0.15, -0.1) is 0 Å². The molecule has 0 aliphatic heterocycles. The van der Waals surface area contributed by atoms with Gasteiger partial charge in [0.2, 0.25) is 0 Å². The van der Waals surface area contributed by atoms with Crippen LogP contribution < -0.4 is 0 Å². The third kappa shape index (κ3) is 8.36. The quantitative estimate of drug-likeness (QED) is 0.124. The molecule has 8 aromatic rings. The van der Waals surface area contributed by atoms with Crippen LogP contribution in [0.1, 0.15) is 66.8 Å². The van der Waals surface area contributed by atoms with E-state index in [9.17, 15) is 0 Å². The van der Waals surface area contributed by atoms with Crippen molar-refractivity contribution in [3.63, 3.8) is 0 Å². The predicted molar refractivity (Wildman–Crippen MR) is 244 cm³/mol. The van der Waals surface area contributed by atoms with Gasteiger partial charge in [-0.2, -0.15) is 0 Å². The van der Waals surface area contributed by atoms with Crippen LogP contribution in [0.2, 0.25) is 0 Å². The monoisotopic (exact) mass is 716 g/mol. The molecule has 0 fully saturated rings. The molecule has 56 heavy (non-hydrogen) atoms. The number of hydrogen-bond donors (Lipinski definition) is 0. The van der Waals surface area contributed by atoms with Gasteiger partial charge in [-0.05, 0) is 115 Å². The lowest BCUT2D eigenvalue weighted by Gasteiger charge is -2.11. The van der Waals surface area contributed by atoms with E-state index in [1.165, 1.54) is 88.7 Å². The molecule has 0 nitrogen and oxygen atoms in total. The topological polar surface area (TPSA) is 0 Å². The smallest absolute Gasteiger partial charge is 0.00389 e. The number of hydrogen-bond acceptors (Lipinski definition) is 0. The summed E-state index contributed by atoms with van der Waals surface area (Å²) in [5, 5.41) is 2.48. The van der Waals surface area contributed by atoms with Crippen LogP contribution in [0, 0.1) is 13.8 Å². The summed E-state index contributed by atoms with van der Waals surface area (Å²) in [5.41, 5.74) is 17.0. The second-order valence-corrected chi connectivity index (χ2v) is 14.3. The van der Waals surface area contributed by atoms with E-state index in [0.717, 1.165) is 0 Å². The fourth-order valence-corrected chi connectivity index (χ4v) is 7.43. The molecule has 0 heteroatoms. The van der Waals surface area contributed by atoms with Crippen molar-refractivity contribution in [2.45, 2.75) is 13.8 Å². The van der Waals surface area contributed by atoms with Crippen LogP contribution in [-0.4, -0.2) is 0 Å². The molecule has 8 rings (SSSR count). The fraction of sp³-hybridized carbons (Fsp3) is 0.0357. The Morgan fingerprint density at radius 2 is 0.679 bits per heavy atom. The van der Waals surface area contributed by atoms with Crippen LogP contribution in [0.3, 0.4) is 0 Å². The van der Waals surface area contributed by atoms with E-state index in [2.05, 4.69) is 244 Å². The van der Waals surface area contributed by atoms with E-state index in [4.69, 9.17) is 0 Å². The lowest BCUT2D eigenvalue weighted by atomic mass is 9.93. The van der Waals surface area contributed by atoms with E-state index in [0.29, 0.717) is 0 Å². The van der Waals surface area contributed by atoms with Gasteiger partial charge in [-0.1, -0.05) is 218 Å². The van der Waals surface area contributed by atoms with Crippen LogP contribution in [0.5, 0.6) is 0 Å². The van der Waals surface area contributed by atoms with Crippen LogP contribution in [0.25, 0.3) is 58.4 Å². The standard InChI is InChI=1S/C56H44/c1-41-37-43(31-35-52(41)39-54(45-17-7-3-8-18-45)46-19-9-4-10-20-46)29-33-50-27-15-25-49-26-16-28-51(56(49)50)34-30-44-32-36-53(42(2)38-44)40-55(47-21-11-5-12-22-47)48-23-13-6-14-24-48/h3-40H,1-2H3. The maximum Gasteiger partial charge on any atom is -0.00389 e. The van der Waals surface area contributed by atoms with Crippen molar-refractivity contribution in [1.82, 2.24) is 0 Å². The molecule has 0 aliphatic rings. The summed E-state index contributed by atoms with van der Waals surface area (Å²) in [6.45, 7) is 4.40. The molecular weight excluding hydrogens is 673 g/mol. The van der Waals surface area contributed by atoms with E-state index in [1.807, 2.05) is 0 Å². The highest BCUT2D eigenvalue weighted by Crippen LogP contribution is 2.31. The number of rotatable bonds is 10. The summed E-state index contributed by atoms with van der Waals surface area (Å²) in [6.07, 6.45) is 13.6. The Morgan fingerprint density at radius 1 is 0.321 bits per heavy atom. The molecule has 0 unspecified atom stereocenters. The van der Waals surface area contributed by atoms with Gasteiger partial charge in [0.25, 0.3) is 0 Å². The summed E-state index contributed by atoms with van der Waals surface area (Å²) < 4.78 is 0. The van der Waals surface area contributed by atoms with E-state index in [-0.39, 0.29) is 0 Å². The van der Waals surface area contributed by atoms with Gasteiger partial charge in [0.15, 0.2) is 0 Å². The van der Waals surface area contributed by atoms with E-state index in [1.54, 1.807) is 0 Å². The van der Waals surface area contributed by atoms with Crippen molar-refractivity contribution in [1.29, 1.82) is 0 Å². The molecule has 0 N–H and O–H groups in total. The van der Waals surface area contributed by atoms with Gasteiger partial charge in [0, 0.05) is 0 Å².